The zero-order valence-electron chi connectivity index (χ0n) is 9.05. The lowest BCUT2D eigenvalue weighted by molar-refractivity contribution is 0.402. The Morgan fingerprint density at radius 1 is 1.19 bits per heavy atom. The van der Waals surface area contributed by atoms with Gasteiger partial charge < -0.3 is 11.1 Å². The van der Waals surface area contributed by atoms with Gasteiger partial charge in [-0.1, -0.05) is 12.8 Å². The summed E-state index contributed by atoms with van der Waals surface area (Å²) in [5.41, 5.74) is 6.15. The van der Waals surface area contributed by atoms with Crippen molar-refractivity contribution in [2.75, 3.05) is 5.32 Å². The van der Waals surface area contributed by atoms with Crippen LogP contribution in [0, 0.1) is 11.6 Å². The number of nitrogens with one attached hydrogen (secondary N) is 1. The van der Waals surface area contributed by atoms with E-state index in [1.54, 1.807) is 0 Å². The molecule has 1 aromatic rings. The van der Waals surface area contributed by atoms with E-state index >= 15 is 0 Å². The molecule has 1 saturated carbocycles. The number of benzene rings is 1. The van der Waals surface area contributed by atoms with Crippen LogP contribution >= 0.6 is 0 Å². The molecular weight excluding hydrogens is 210 g/mol. The van der Waals surface area contributed by atoms with Gasteiger partial charge in [0.25, 0.3) is 0 Å². The predicted octanol–water partition coefficient (Wildman–Crippen LogP) is 2.65. The minimum absolute atomic E-state index is 0.0245. The summed E-state index contributed by atoms with van der Waals surface area (Å²) in [5, 5.41) is 3.00. The molecule has 1 aliphatic carbocycles. The molecule has 0 bridgehead atoms. The highest BCUT2D eigenvalue weighted by Gasteiger charge is 2.22. The normalized spacial score (nSPS) is 25.4. The van der Waals surface area contributed by atoms with E-state index in [0.29, 0.717) is 0 Å². The van der Waals surface area contributed by atoms with Gasteiger partial charge in [-0.05, 0) is 31.0 Å². The van der Waals surface area contributed by atoms with E-state index < -0.39 is 11.6 Å². The summed E-state index contributed by atoms with van der Waals surface area (Å²) in [4.78, 5) is 0. The van der Waals surface area contributed by atoms with Gasteiger partial charge in [0.05, 0.1) is 5.69 Å². The maximum atomic E-state index is 13.4. The second-order valence-electron chi connectivity index (χ2n) is 4.32. The molecule has 0 spiro atoms. The third kappa shape index (κ3) is 2.50. The average molecular weight is 226 g/mol. The average Bonchev–Trinajstić information content (AvgIpc) is 2.27. The minimum Gasteiger partial charge on any atom is -0.378 e. The van der Waals surface area contributed by atoms with Crippen LogP contribution in [0.4, 0.5) is 14.5 Å². The Morgan fingerprint density at radius 3 is 2.69 bits per heavy atom. The Morgan fingerprint density at radius 2 is 1.94 bits per heavy atom. The van der Waals surface area contributed by atoms with Crippen molar-refractivity contribution in [3.05, 3.63) is 29.8 Å². The van der Waals surface area contributed by atoms with Crippen LogP contribution in [0.15, 0.2) is 18.2 Å². The van der Waals surface area contributed by atoms with Crippen molar-refractivity contribution >= 4 is 5.69 Å². The standard InChI is InChI=1S/C12H16F2N2/c13-8-5-6-9(14)12(7-8)16-11-4-2-1-3-10(11)15/h5-7,10-11,16H,1-4,15H2/t10-,11-/m1/s1. The lowest BCUT2D eigenvalue weighted by Crippen LogP contribution is -2.42. The van der Waals surface area contributed by atoms with Crippen molar-refractivity contribution in [2.45, 2.75) is 37.8 Å². The summed E-state index contributed by atoms with van der Waals surface area (Å²) < 4.78 is 26.3. The maximum Gasteiger partial charge on any atom is 0.146 e. The second-order valence-corrected chi connectivity index (χ2v) is 4.32. The highest BCUT2D eigenvalue weighted by molar-refractivity contribution is 5.46. The first-order valence-corrected chi connectivity index (χ1v) is 5.64. The number of rotatable bonds is 2. The maximum absolute atomic E-state index is 13.4. The van der Waals surface area contributed by atoms with E-state index in [1.165, 1.54) is 6.07 Å². The van der Waals surface area contributed by atoms with Crippen molar-refractivity contribution in [3.8, 4) is 0 Å². The van der Waals surface area contributed by atoms with Crippen LogP contribution in [0.1, 0.15) is 25.7 Å². The molecule has 0 heterocycles. The molecular formula is C12H16F2N2. The molecule has 0 aromatic heterocycles. The van der Waals surface area contributed by atoms with Crippen molar-refractivity contribution in [1.29, 1.82) is 0 Å². The predicted molar refractivity (Wildman–Crippen MR) is 60.2 cm³/mol. The number of hydrogen-bond donors (Lipinski definition) is 2. The zero-order valence-corrected chi connectivity index (χ0v) is 9.05. The molecule has 1 fully saturated rings. The largest absolute Gasteiger partial charge is 0.378 e. The molecule has 1 aromatic carbocycles. The smallest absolute Gasteiger partial charge is 0.146 e. The first kappa shape index (κ1) is 11.3. The molecule has 16 heavy (non-hydrogen) atoms. The molecule has 2 rings (SSSR count). The third-order valence-corrected chi connectivity index (χ3v) is 3.09. The van der Waals surface area contributed by atoms with Crippen LogP contribution in [-0.4, -0.2) is 12.1 Å². The van der Waals surface area contributed by atoms with Gasteiger partial charge in [0.2, 0.25) is 0 Å². The SMILES string of the molecule is N[C@@H]1CCCC[C@H]1Nc1cc(F)ccc1F. The van der Waals surface area contributed by atoms with E-state index in [2.05, 4.69) is 5.32 Å². The fraction of sp³-hybridized carbons (Fsp3) is 0.500. The number of halogens is 2. The monoisotopic (exact) mass is 226 g/mol. The van der Waals surface area contributed by atoms with Crippen LogP contribution in [0.5, 0.6) is 0 Å². The first-order valence-electron chi connectivity index (χ1n) is 5.64. The summed E-state index contributed by atoms with van der Waals surface area (Å²) in [6, 6.07) is 3.49. The first-order chi connectivity index (χ1) is 7.66. The van der Waals surface area contributed by atoms with Crippen LogP contribution in [-0.2, 0) is 0 Å². The van der Waals surface area contributed by atoms with E-state index in [0.717, 1.165) is 37.8 Å². The molecule has 4 heteroatoms. The Hall–Kier alpha value is -1.16. The highest BCUT2D eigenvalue weighted by atomic mass is 19.1. The molecule has 2 atom stereocenters. The van der Waals surface area contributed by atoms with Gasteiger partial charge in [-0.25, -0.2) is 8.78 Å². The summed E-state index contributed by atoms with van der Waals surface area (Å²) in [7, 11) is 0. The summed E-state index contributed by atoms with van der Waals surface area (Å²) in [5.74, 6) is -0.868. The van der Waals surface area contributed by atoms with Crippen molar-refractivity contribution < 1.29 is 8.78 Å². The molecule has 0 radical (unpaired) electrons. The molecule has 0 amide bonds. The van der Waals surface area contributed by atoms with Crippen LogP contribution in [0.3, 0.4) is 0 Å². The molecule has 1 aliphatic rings. The van der Waals surface area contributed by atoms with Gasteiger partial charge in [0, 0.05) is 12.1 Å². The summed E-state index contributed by atoms with van der Waals surface area (Å²) in [6.07, 6.45) is 4.05. The van der Waals surface area contributed by atoms with Gasteiger partial charge in [0.1, 0.15) is 11.6 Å². The second kappa shape index (κ2) is 4.78. The van der Waals surface area contributed by atoms with Crippen molar-refractivity contribution in [1.82, 2.24) is 0 Å². The zero-order chi connectivity index (χ0) is 11.5. The summed E-state index contributed by atoms with van der Waals surface area (Å²) >= 11 is 0. The molecule has 2 nitrogen and oxygen atoms in total. The Bertz CT molecular complexity index is 368. The lowest BCUT2D eigenvalue weighted by Gasteiger charge is -2.30. The topological polar surface area (TPSA) is 38.0 Å². The van der Waals surface area contributed by atoms with Gasteiger partial charge in [0.15, 0.2) is 0 Å². The van der Waals surface area contributed by atoms with Gasteiger partial charge in [-0.3, -0.25) is 0 Å². The minimum atomic E-state index is -0.437. The number of nitrogens with two attached hydrogens (primary N) is 1. The third-order valence-electron chi connectivity index (χ3n) is 3.09. The Labute approximate surface area is 93.8 Å². The van der Waals surface area contributed by atoms with E-state index in [4.69, 9.17) is 5.73 Å². The number of hydrogen-bond acceptors (Lipinski definition) is 2. The van der Waals surface area contributed by atoms with Crippen LogP contribution in [0.2, 0.25) is 0 Å². The Kier molecular flexibility index (Phi) is 3.39. The molecule has 88 valence electrons. The summed E-state index contributed by atoms with van der Waals surface area (Å²) in [6.45, 7) is 0. The Balaban J connectivity index is 2.10. The van der Waals surface area contributed by atoms with Crippen LogP contribution in [0.25, 0.3) is 0 Å². The highest BCUT2D eigenvalue weighted by Crippen LogP contribution is 2.23. The van der Waals surface area contributed by atoms with E-state index in [-0.39, 0.29) is 17.8 Å². The van der Waals surface area contributed by atoms with Crippen molar-refractivity contribution in [3.63, 3.8) is 0 Å². The fourth-order valence-corrected chi connectivity index (χ4v) is 2.15. The van der Waals surface area contributed by atoms with E-state index in [1.807, 2.05) is 0 Å². The molecule has 0 unspecified atom stereocenters. The number of anilines is 1. The van der Waals surface area contributed by atoms with Gasteiger partial charge >= 0.3 is 0 Å². The molecule has 3 N–H and O–H groups in total. The fourth-order valence-electron chi connectivity index (χ4n) is 2.15. The van der Waals surface area contributed by atoms with Gasteiger partial charge in [-0.2, -0.15) is 0 Å². The van der Waals surface area contributed by atoms with Gasteiger partial charge in [-0.15, -0.1) is 0 Å². The van der Waals surface area contributed by atoms with E-state index in [9.17, 15) is 8.78 Å². The van der Waals surface area contributed by atoms with Crippen LogP contribution < -0.4 is 11.1 Å². The molecule has 0 saturated heterocycles. The lowest BCUT2D eigenvalue weighted by atomic mass is 9.91. The molecule has 0 aliphatic heterocycles. The van der Waals surface area contributed by atoms with Crippen molar-refractivity contribution in [2.24, 2.45) is 5.73 Å². The quantitative estimate of drug-likeness (QED) is 0.813.